The van der Waals surface area contributed by atoms with Gasteiger partial charge >= 0.3 is 6.18 Å². The SMILES string of the molecule is O=C(C1CCN(c2ccc(-c3ccncc3)nn2)CC1)N1CCN(c2cccc(C(F)(F)F)c2)CC1. The molecule has 4 heterocycles. The summed E-state index contributed by atoms with van der Waals surface area (Å²) in [5.41, 5.74) is 1.64. The molecule has 10 heteroatoms. The third-order valence-electron chi connectivity index (χ3n) is 6.92. The molecule has 2 saturated heterocycles. The minimum Gasteiger partial charge on any atom is -0.368 e. The zero-order valence-electron chi connectivity index (χ0n) is 19.7. The van der Waals surface area contributed by atoms with Crippen molar-refractivity contribution in [2.24, 2.45) is 5.92 Å². The molecule has 1 amide bonds. The summed E-state index contributed by atoms with van der Waals surface area (Å²) in [6, 6.07) is 13.1. The summed E-state index contributed by atoms with van der Waals surface area (Å²) < 4.78 is 39.1. The van der Waals surface area contributed by atoms with E-state index in [9.17, 15) is 18.0 Å². The van der Waals surface area contributed by atoms with Crippen LogP contribution in [0, 0.1) is 5.92 Å². The van der Waals surface area contributed by atoms with E-state index in [-0.39, 0.29) is 11.8 Å². The minimum atomic E-state index is -4.37. The molecule has 0 atom stereocenters. The molecule has 0 bridgehead atoms. The molecule has 3 aromatic rings. The number of hydrogen-bond donors (Lipinski definition) is 0. The Balaban J connectivity index is 1.12. The predicted octanol–water partition coefficient (Wildman–Crippen LogP) is 4.12. The van der Waals surface area contributed by atoms with Crippen LogP contribution in [0.25, 0.3) is 11.3 Å². The summed E-state index contributed by atoms with van der Waals surface area (Å²) in [5.74, 6) is 0.885. The molecule has 2 aliphatic rings. The van der Waals surface area contributed by atoms with Crippen molar-refractivity contribution in [3.8, 4) is 11.3 Å². The second kappa shape index (κ2) is 10.1. The van der Waals surface area contributed by atoms with Gasteiger partial charge in [-0.2, -0.15) is 13.2 Å². The number of alkyl halides is 3. The second-order valence-corrected chi connectivity index (χ2v) is 9.13. The number of anilines is 2. The molecule has 0 unspecified atom stereocenters. The van der Waals surface area contributed by atoms with Crippen LogP contribution in [0.3, 0.4) is 0 Å². The number of benzene rings is 1. The fourth-order valence-corrected chi connectivity index (χ4v) is 4.85. The molecule has 0 aliphatic carbocycles. The van der Waals surface area contributed by atoms with Crippen LogP contribution in [-0.2, 0) is 11.0 Å². The first-order chi connectivity index (χ1) is 17.4. The molecule has 36 heavy (non-hydrogen) atoms. The number of halogens is 3. The number of nitrogens with zero attached hydrogens (tertiary/aromatic N) is 6. The predicted molar refractivity (Wildman–Crippen MR) is 130 cm³/mol. The zero-order chi connectivity index (χ0) is 25.1. The maximum atomic E-state index is 13.1. The molecule has 2 aliphatic heterocycles. The van der Waals surface area contributed by atoms with Gasteiger partial charge in [0.1, 0.15) is 0 Å². The molecule has 0 N–H and O–H groups in total. The van der Waals surface area contributed by atoms with Crippen molar-refractivity contribution in [2.45, 2.75) is 19.0 Å². The Labute approximate surface area is 207 Å². The Hall–Kier alpha value is -3.69. The molecule has 2 fully saturated rings. The maximum absolute atomic E-state index is 13.1. The van der Waals surface area contributed by atoms with Gasteiger partial charge in [-0.3, -0.25) is 9.78 Å². The van der Waals surface area contributed by atoms with Crippen molar-refractivity contribution in [1.82, 2.24) is 20.1 Å². The first-order valence-electron chi connectivity index (χ1n) is 12.1. The van der Waals surface area contributed by atoms with Crippen LogP contribution >= 0.6 is 0 Å². The van der Waals surface area contributed by atoms with E-state index in [0.717, 1.165) is 49.1 Å². The lowest BCUT2D eigenvalue weighted by Crippen LogP contribution is -2.51. The van der Waals surface area contributed by atoms with E-state index < -0.39 is 11.7 Å². The molecule has 188 valence electrons. The summed E-state index contributed by atoms with van der Waals surface area (Å²) in [6.07, 6.45) is 0.548. The molecule has 1 aromatic carbocycles. The zero-order valence-corrected chi connectivity index (χ0v) is 19.7. The van der Waals surface area contributed by atoms with Crippen LogP contribution in [0.1, 0.15) is 18.4 Å². The van der Waals surface area contributed by atoms with E-state index in [1.165, 1.54) is 12.1 Å². The Kier molecular flexibility index (Phi) is 6.75. The van der Waals surface area contributed by atoms with Gasteiger partial charge in [0, 0.05) is 68.8 Å². The molecule has 7 nitrogen and oxygen atoms in total. The number of piperazine rings is 1. The lowest BCUT2D eigenvalue weighted by Gasteiger charge is -2.39. The van der Waals surface area contributed by atoms with Crippen molar-refractivity contribution in [3.05, 3.63) is 66.5 Å². The van der Waals surface area contributed by atoms with Crippen molar-refractivity contribution >= 4 is 17.4 Å². The average Bonchev–Trinajstić information content (AvgIpc) is 2.93. The number of hydrogen-bond acceptors (Lipinski definition) is 6. The third kappa shape index (κ3) is 5.27. The van der Waals surface area contributed by atoms with Gasteiger partial charge in [-0.1, -0.05) is 6.07 Å². The molecule has 0 saturated carbocycles. The minimum absolute atomic E-state index is 0.0505. The molecular weight excluding hydrogens is 469 g/mol. The first-order valence-corrected chi connectivity index (χ1v) is 12.1. The van der Waals surface area contributed by atoms with Gasteiger partial charge in [-0.15, -0.1) is 10.2 Å². The number of piperidine rings is 1. The smallest absolute Gasteiger partial charge is 0.368 e. The monoisotopic (exact) mass is 496 g/mol. The Morgan fingerprint density at radius 1 is 0.833 bits per heavy atom. The van der Waals surface area contributed by atoms with E-state index in [1.54, 1.807) is 18.5 Å². The number of amides is 1. The highest BCUT2D eigenvalue weighted by Gasteiger charge is 2.33. The van der Waals surface area contributed by atoms with Gasteiger partial charge in [0.2, 0.25) is 5.91 Å². The lowest BCUT2D eigenvalue weighted by molar-refractivity contribution is -0.137. The topological polar surface area (TPSA) is 65.5 Å². The quantitative estimate of drug-likeness (QED) is 0.542. The molecule has 0 radical (unpaired) electrons. The first kappa shape index (κ1) is 24.0. The van der Waals surface area contributed by atoms with E-state index >= 15 is 0 Å². The Morgan fingerprint density at radius 3 is 2.19 bits per heavy atom. The van der Waals surface area contributed by atoms with Gasteiger partial charge in [0.25, 0.3) is 0 Å². The van der Waals surface area contributed by atoms with Gasteiger partial charge in [-0.05, 0) is 55.3 Å². The normalized spacial score (nSPS) is 17.4. The molecule has 2 aromatic heterocycles. The van der Waals surface area contributed by atoms with E-state index in [0.29, 0.717) is 31.9 Å². The summed E-state index contributed by atoms with van der Waals surface area (Å²) in [6.45, 7) is 3.51. The highest BCUT2D eigenvalue weighted by Crippen LogP contribution is 2.32. The van der Waals surface area contributed by atoms with Gasteiger partial charge in [-0.25, -0.2) is 0 Å². The van der Waals surface area contributed by atoms with E-state index in [2.05, 4.69) is 20.1 Å². The highest BCUT2D eigenvalue weighted by molar-refractivity contribution is 5.79. The van der Waals surface area contributed by atoms with Crippen LogP contribution in [0.2, 0.25) is 0 Å². The van der Waals surface area contributed by atoms with Crippen LogP contribution in [0.5, 0.6) is 0 Å². The second-order valence-electron chi connectivity index (χ2n) is 9.13. The lowest BCUT2D eigenvalue weighted by atomic mass is 9.95. The number of pyridine rings is 1. The fourth-order valence-electron chi connectivity index (χ4n) is 4.85. The van der Waals surface area contributed by atoms with Crippen molar-refractivity contribution in [3.63, 3.8) is 0 Å². The van der Waals surface area contributed by atoms with Crippen LogP contribution in [-0.4, -0.2) is 65.3 Å². The number of aromatic nitrogens is 3. The van der Waals surface area contributed by atoms with Gasteiger partial charge in [0.15, 0.2) is 5.82 Å². The van der Waals surface area contributed by atoms with Crippen molar-refractivity contribution in [2.75, 3.05) is 49.1 Å². The summed E-state index contributed by atoms with van der Waals surface area (Å²) in [7, 11) is 0. The van der Waals surface area contributed by atoms with Crippen LogP contribution in [0.15, 0.2) is 60.9 Å². The Morgan fingerprint density at radius 2 is 1.56 bits per heavy atom. The molecule has 0 spiro atoms. The van der Waals surface area contributed by atoms with E-state index in [1.807, 2.05) is 34.1 Å². The molecule has 5 rings (SSSR count). The molecular formula is C26H27F3N6O. The standard InChI is InChI=1S/C26H27F3N6O/c27-26(28,29)21-2-1-3-22(18-21)33-14-16-35(17-15-33)25(36)20-8-12-34(13-9-20)24-5-4-23(31-32-24)19-6-10-30-11-7-19/h1-7,10-11,18,20H,8-9,12-17H2. The maximum Gasteiger partial charge on any atom is 0.416 e. The average molecular weight is 497 g/mol. The fraction of sp³-hybridized carbons (Fsp3) is 0.385. The van der Waals surface area contributed by atoms with Crippen LogP contribution in [0.4, 0.5) is 24.7 Å². The number of carbonyl (C=O) groups excluding carboxylic acids is 1. The number of carbonyl (C=O) groups is 1. The number of rotatable bonds is 4. The summed E-state index contributed by atoms with van der Waals surface area (Å²) >= 11 is 0. The summed E-state index contributed by atoms with van der Waals surface area (Å²) in [5, 5.41) is 8.72. The highest BCUT2D eigenvalue weighted by atomic mass is 19.4. The van der Waals surface area contributed by atoms with Crippen molar-refractivity contribution < 1.29 is 18.0 Å². The van der Waals surface area contributed by atoms with Crippen molar-refractivity contribution in [1.29, 1.82) is 0 Å². The van der Waals surface area contributed by atoms with E-state index in [4.69, 9.17) is 0 Å². The Bertz CT molecular complexity index is 1170. The summed E-state index contributed by atoms with van der Waals surface area (Å²) in [4.78, 5) is 23.1. The van der Waals surface area contributed by atoms with Gasteiger partial charge in [0.05, 0.1) is 11.3 Å². The largest absolute Gasteiger partial charge is 0.416 e. The third-order valence-corrected chi connectivity index (χ3v) is 6.92. The van der Waals surface area contributed by atoms with Gasteiger partial charge < -0.3 is 14.7 Å². The van der Waals surface area contributed by atoms with Crippen LogP contribution < -0.4 is 9.80 Å².